The summed E-state index contributed by atoms with van der Waals surface area (Å²) in [5.74, 6) is 2.34. The minimum atomic E-state index is 0. The summed E-state index contributed by atoms with van der Waals surface area (Å²) in [7, 11) is 0. The molecule has 0 spiro atoms. The van der Waals surface area contributed by atoms with Crippen molar-refractivity contribution in [1.29, 1.82) is 0 Å². The van der Waals surface area contributed by atoms with Crippen LogP contribution in [0.1, 0.15) is 32.1 Å². The minimum Gasteiger partial charge on any atom is -0.0502 e. The Morgan fingerprint density at radius 2 is 1.12 bits per heavy atom. The summed E-state index contributed by atoms with van der Waals surface area (Å²) in [5, 5.41) is 0. The monoisotopic (exact) mass is 119 g/mol. The zero-order chi connectivity index (χ0) is 4.69. The fourth-order valence-electron chi connectivity index (χ4n) is 2.17. The Hall–Kier alpha value is 1.00. The van der Waals surface area contributed by atoms with Gasteiger partial charge in [0.1, 0.15) is 0 Å². The van der Waals surface area contributed by atoms with Crippen LogP contribution in [0.2, 0.25) is 0 Å². The summed E-state index contributed by atoms with van der Waals surface area (Å²) in [6, 6.07) is 0. The largest absolute Gasteiger partial charge is 0.0502 e. The summed E-state index contributed by atoms with van der Waals surface area (Å²) < 4.78 is 0. The topological polar surface area (TPSA) is 0 Å². The zero-order valence-corrected chi connectivity index (χ0v) is 7.69. The molecule has 2 saturated carbocycles. The molecule has 2 aliphatic rings. The second kappa shape index (κ2) is 2.72. The third-order valence-electron chi connectivity index (χ3n) is 2.63. The molecule has 0 saturated heterocycles. The number of fused-ring (bicyclic) bond motifs is 2. The van der Waals surface area contributed by atoms with Gasteiger partial charge in [-0.25, -0.2) is 0 Å². The summed E-state index contributed by atoms with van der Waals surface area (Å²) in [5.41, 5.74) is 0. The fraction of sp³-hybridized carbons (Fsp3) is 1.00. The van der Waals surface area contributed by atoms with E-state index in [2.05, 4.69) is 0 Å². The zero-order valence-electron chi connectivity index (χ0n) is 5.69. The molecule has 2 fully saturated rings. The molecule has 2 aliphatic carbocycles. The molecule has 2 rings (SSSR count). The first kappa shape index (κ1) is 7.11. The van der Waals surface area contributed by atoms with Crippen LogP contribution in [0.15, 0.2) is 0 Å². The van der Waals surface area contributed by atoms with Crippen molar-refractivity contribution in [2.75, 3.05) is 0 Å². The van der Waals surface area contributed by atoms with Crippen LogP contribution in [0, 0.1) is 11.8 Å². The van der Waals surface area contributed by atoms with Crippen molar-refractivity contribution in [3.8, 4) is 0 Å². The average molecular weight is 119 g/mol. The molecule has 0 aromatic carbocycles. The predicted molar refractivity (Wildman–Crippen MR) is 35.8 cm³/mol. The molecule has 0 nitrogen and oxygen atoms in total. The van der Waals surface area contributed by atoms with Gasteiger partial charge in [-0.05, 0) is 18.3 Å². The Morgan fingerprint density at radius 3 is 1.25 bits per heavy atom. The second-order valence-electron chi connectivity index (χ2n) is 3.12. The van der Waals surface area contributed by atoms with Gasteiger partial charge in [-0.2, -0.15) is 0 Å². The first-order valence-corrected chi connectivity index (χ1v) is 3.45. The van der Waals surface area contributed by atoms with Crippen LogP contribution >= 0.6 is 0 Å². The smallest absolute Gasteiger partial charge is 0 e. The van der Waals surface area contributed by atoms with Crippen molar-refractivity contribution in [2.45, 2.75) is 32.1 Å². The third-order valence-corrected chi connectivity index (χ3v) is 2.63. The Morgan fingerprint density at radius 1 is 0.750 bits per heavy atom. The maximum absolute atomic E-state index is 1.58. The van der Waals surface area contributed by atoms with E-state index in [1.165, 1.54) is 11.8 Å². The van der Waals surface area contributed by atoms with Crippen LogP contribution in [0.4, 0.5) is 0 Å². The molecule has 0 aromatic rings. The van der Waals surface area contributed by atoms with Crippen molar-refractivity contribution >= 4 is 29.6 Å². The molecule has 0 unspecified atom stereocenters. The van der Waals surface area contributed by atoms with E-state index in [4.69, 9.17) is 0 Å². The first-order chi connectivity index (χ1) is 3.45. The summed E-state index contributed by atoms with van der Waals surface area (Å²) in [6.45, 7) is 0. The van der Waals surface area contributed by atoms with E-state index in [0.717, 1.165) is 0 Å². The van der Waals surface area contributed by atoms with Crippen LogP contribution in [0.5, 0.6) is 0 Å². The van der Waals surface area contributed by atoms with Gasteiger partial charge in [-0.15, -0.1) is 0 Å². The average Bonchev–Trinajstić information content (AvgIpc) is 2.22. The van der Waals surface area contributed by atoms with Crippen molar-refractivity contribution in [3.63, 3.8) is 0 Å². The van der Waals surface area contributed by atoms with E-state index in [-0.39, 0.29) is 29.6 Å². The van der Waals surface area contributed by atoms with Gasteiger partial charge in [0.05, 0.1) is 0 Å². The van der Waals surface area contributed by atoms with E-state index in [1.54, 1.807) is 32.1 Å². The summed E-state index contributed by atoms with van der Waals surface area (Å²) in [6.07, 6.45) is 7.82. The van der Waals surface area contributed by atoms with Gasteiger partial charge in [0, 0.05) is 29.6 Å². The van der Waals surface area contributed by atoms with Crippen LogP contribution < -0.4 is 0 Å². The molecular formula is C7H12Na. The molecule has 0 heterocycles. The van der Waals surface area contributed by atoms with Crippen LogP contribution in [-0.4, -0.2) is 29.6 Å². The van der Waals surface area contributed by atoms with Gasteiger partial charge in [0.2, 0.25) is 0 Å². The van der Waals surface area contributed by atoms with Crippen LogP contribution in [0.25, 0.3) is 0 Å². The third kappa shape index (κ3) is 1.12. The predicted octanol–water partition coefficient (Wildman–Crippen LogP) is 1.82. The maximum Gasteiger partial charge on any atom is 0 e. The van der Waals surface area contributed by atoms with Gasteiger partial charge in [0.25, 0.3) is 0 Å². The van der Waals surface area contributed by atoms with Crippen LogP contribution in [0.3, 0.4) is 0 Å². The molecule has 0 N–H and O–H groups in total. The van der Waals surface area contributed by atoms with E-state index < -0.39 is 0 Å². The first-order valence-electron chi connectivity index (χ1n) is 3.45. The number of hydrogen-bond acceptors (Lipinski definition) is 0. The molecule has 0 amide bonds. The number of hydrogen-bond donors (Lipinski definition) is 0. The van der Waals surface area contributed by atoms with Gasteiger partial charge in [-0.1, -0.05) is 25.7 Å². The molecule has 41 valence electrons. The fourth-order valence-corrected chi connectivity index (χ4v) is 2.17. The van der Waals surface area contributed by atoms with Gasteiger partial charge in [-0.3, -0.25) is 0 Å². The molecule has 1 radical (unpaired) electrons. The van der Waals surface area contributed by atoms with Gasteiger partial charge >= 0.3 is 0 Å². The molecule has 0 aromatic heterocycles. The van der Waals surface area contributed by atoms with E-state index >= 15 is 0 Å². The molecule has 0 aliphatic heterocycles. The molecular weight excluding hydrogens is 107 g/mol. The standard InChI is InChI=1S/C7H12.Na/c1-2-7-4-3-6(1)5-7;/h6-7H,1-5H2;. The second-order valence-corrected chi connectivity index (χ2v) is 3.12. The Kier molecular flexibility index (Phi) is 2.42. The molecule has 8 heavy (non-hydrogen) atoms. The molecule has 0 atom stereocenters. The van der Waals surface area contributed by atoms with E-state index in [1.807, 2.05) is 0 Å². The Labute approximate surface area is 73.3 Å². The van der Waals surface area contributed by atoms with Gasteiger partial charge in [0.15, 0.2) is 0 Å². The van der Waals surface area contributed by atoms with Crippen molar-refractivity contribution < 1.29 is 0 Å². The molecule has 1 heteroatoms. The van der Waals surface area contributed by atoms with Crippen LogP contribution in [-0.2, 0) is 0 Å². The summed E-state index contributed by atoms with van der Waals surface area (Å²) >= 11 is 0. The van der Waals surface area contributed by atoms with E-state index in [0.29, 0.717) is 0 Å². The Bertz CT molecular complexity index is 62.5. The quantitative estimate of drug-likeness (QED) is 0.427. The molecule has 2 bridgehead atoms. The maximum atomic E-state index is 1.58. The van der Waals surface area contributed by atoms with Gasteiger partial charge < -0.3 is 0 Å². The Balaban J connectivity index is 0.000000320. The number of rotatable bonds is 0. The van der Waals surface area contributed by atoms with Crippen molar-refractivity contribution in [3.05, 3.63) is 0 Å². The van der Waals surface area contributed by atoms with Crippen molar-refractivity contribution in [1.82, 2.24) is 0 Å². The SMILES string of the molecule is C1CC2CCC1C2.[Na]. The minimum absolute atomic E-state index is 0. The summed E-state index contributed by atoms with van der Waals surface area (Å²) in [4.78, 5) is 0. The normalized spacial score (nSPS) is 42.0. The van der Waals surface area contributed by atoms with E-state index in [9.17, 15) is 0 Å². The van der Waals surface area contributed by atoms with Crippen molar-refractivity contribution in [2.24, 2.45) is 11.8 Å².